The van der Waals surface area contributed by atoms with Crippen molar-refractivity contribution in [3.8, 4) is 0 Å². The van der Waals surface area contributed by atoms with Gasteiger partial charge >= 0.3 is 0 Å². The van der Waals surface area contributed by atoms with Crippen molar-refractivity contribution in [3.63, 3.8) is 0 Å². The van der Waals surface area contributed by atoms with Crippen LogP contribution in [0, 0.1) is 19.8 Å². The smallest absolute Gasteiger partial charge is 0.243 e. The lowest BCUT2D eigenvalue weighted by molar-refractivity contribution is -0.118. The van der Waals surface area contributed by atoms with Gasteiger partial charge in [0, 0.05) is 5.69 Å². The van der Waals surface area contributed by atoms with Gasteiger partial charge in [0.2, 0.25) is 19.6 Å². The lowest BCUT2D eigenvalue weighted by Crippen LogP contribution is -2.39. The third-order valence-electron chi connectivity index (χ3n) is 3.65. The van der Waals surface area contributed by atoms with E-state index in [1.807, 2.05) is 26.0 Å². The van der Waals surface area contributed by atoms with Crippen molar-refractivity contribution < 1.29 is 14.3 Å². The molecule has 1 atom stereocenters. The maximum absolute atomic E-state index is 12.4. The third kappa shape index (κ3) is 6.06. The summed E-state index contributed by atoms with van der Waals surface area (Å²) in [6.07, 6.45) is 0.783. The highest BCUT2D eigenvalue weighted by Crippen LogP contribution is 2.23. The number of anilines is 1. The van der Waals surface area contributed by atoms with Crippen molar-refractivity contribution in [2.45, 2.75) is 46.8 Å². The van der Waals surface area contributed by atoms with E-state index in [4.69, 9.17) is 4.74 Å². The van der Waals surface area contributed by atoms with Gasteiger partial charge in [-0.25, -0.2) is 0 Å². The second-order valence-electron chi connectivity index (χ2n) is 6.34. The SMILES string of the molecule is BC(=O)OCc1cc(C)c(NC(=O)C(CC(C)C)NC)c(C)c1. The largest absolute Gasteiger partial charge is 0.469 e. The second-order valence-corrected chi connectivity index (χ2v) is 6.34. The van der Waals surface area contributed by atoms with Gasteiger partial charge in [0.05, 0.1) is 6.04 Å². The van der Waals surface area contributed by atoms with E-state index in [1.54, 1.807) is 7.05 Å². The molecule has 1 rings (SSSR count). The zero-order chi connectivity index (χ0) is 17.6. The molecule has 23 heavy (non-hydrogen) atoms. The molecule has 0 aliphatic rings. The van der Waals surface area contributed by atoms with Crippen molar-refractivity contribution >= 4 is 25.3 Å². The molecule has 5 nitrogen and oxygen atoms in total. The monoisotopic (exact) mass is 318 g/mol. The Morgan fingerprint density at radius 2 is 1.78 bits per heavy atom. The van der Waals surface area contributed by atoms with E-state index >= 15 is 0 Å². The molecule has 1 amide bonds. The maximum atomic E-state index is 12.4. The number of rotatable bonds is 7. The standard InChI is InChI=1S/C17H27BN2O3/c1-10(2)6-14(19-5)16(21)20-15-11(3)7-13(8-12(15)4)9-23-17(18)22/h7-8,10,14,19H,6,9,18H2,1-5H3,(H,20,21). The fourth-order valence-corrected chi connectivity index (χ4v) is 2.56. The Bertz CT molecular complexity index is 550. The fourth-order valence-electron chi connectivity index (χ4n) is 2.56. The van der Waals surface area contributed by atoms with Crippen LogP contribution in [0.3, 0.4) is 0 Å². The number of likely N-dealkylation sites (N-methyl/N-ethyl adjacent to an activating group) is 1. The Labute approximate surface area is 139 Å². The molecule has 0 aliphatic carbocycles. The summed E-state index contributed by atoms with van der Waals surface area (Å²) in [6.45, 7) is 8.32. The van der Waals surface area contributed by atoms with E-state index in [-0.39, 0.29) is 24.4 Å². The van der Waals surface area contributed by atoms with E-state index in [0.29, 0.717) is 5.92 Å². The van der Waals surface area contributed by atoms with E-state index < -0.39 is 0 Å². The van der Waals surface area contributed by atoms with Gasteiger partial charge in [-0.15, -0.1) is 0 Å². The summed E-state index contributed by atoms with van der Waals surface area (Å²) in [5.41, 5.74) is 3.66. The quantitative estimate of drug-likeness (QED) is 0.756. The lowest BCUT2D eigenvalue weighted by atomic mass is 10.0. The van der Waals surface area contributed by atoms with Crippen LogP contribution >= 0.6 is 0 Å². The van der Waals surface area contributed by atoms with Gasteiger partial charge < -0.3 is 15.4 Å². The first-order chi connectivity index (χ1) is 10.7. The van der Waals surface area contributed by atoms with Crippen LogP contribution in [-0.2, 0) is 16.1 Å². The fraction of sp³-hybridized carbons (Fsp3) is 0.529. The van der Waals surface area contributed by atoms with Gasteiger partial charge in [0.15, 0.2) is 0 Å². The Hall–Kier alpha value is -1.82. The molecule has 1 aromatic rings. The molecule has 0 saturated carbocycles. The van der Waals surface area contributed by atoms with Gasteiger partial charge in [-0.1, -0.05) is 26.0 Å². The second kappa shape index (κ2) is 8.72. The molecule has 1 aromatic carbocycles. The van der Waals surface area contributed by atoms with Crippen molar-refractivity contribution in [1.82, 2.24) is 5.32 Å². The molecule has 2 N–H and O–H groups in total. The summed E-state index contributed by atoms with van der Waals surface area (Å²) in [4.78, 5) is 23.3. The predicted molar refractivity (Wildman–Crippen MR) is 95.6 cm³/mol. The maximum Gasteiger partial charge on any atom is 0.243 e. The highest BCUT2D eigenvalue weighted by atomic mass is 16.5. The van der Waals surface area contributed by atoms with Crippen molar-refractivity contribution in [2.24, 2.45) is 5.92 Å². The number of amides is 1. The topological polar surface area (TPSA) is 67.4 Å². The summed E-state index contributed by atoms with van der Waals surface area (Å²) in [5, 5.41) is 6.08. The number of hydrogen-bond donors (Lipinski definition) is 2. The number of ether oxygens (including phenoxy) is 1. The summed E-state index contributed by atoms with van der Waals surface area (Å²) in [5.74, 6) is 0.106. The Morgan fingerprint density at radius 3 is 2.22 bits per heavy atom. The molecular weight excluding hydrogens is 291 g/mol. The molecule has 1 unspecified atom stereocenters. The molecule has 0 aromatic heterocycles. The van der Waals surface area contributed by atoms with Gasteiger partial charge in [0.1, 0.15) is 6.61 Å². The number of hydrogen-bond acceptors (Lipinski definition) is 4. The average Bonchev–Trinajstić information content (AvgIpc) is 2.45. The summed E-state index contributed by atoms with van der Waals surface area (Å²) < 4.78 is 5.02. The van der Waals surface area contributed by atoms with Gasteiger partial charge in [-0.05, 0) is 49.9 Å². The van der Waals surface area contributed by atoms with Crippen LogP contribution in [0.4, 0.5) is 10.5 Å². The summed E-state index contributed by atoms with van der Waals surface area (Å²) in [6, 6.07) is 3.65. The minimum Gasteiger partial charge on any atom is -0.469 e. The first kappa shape index (κ1) is 19.2. The Morgan fingerprint density at radius 1 is 1.22 bits per heavy atom. The normalized spacial score (nSPS) is 12.1. The first-order valence-electron chi connectivity index (χ1n) is 7.96. The molecule has 0 bridgehead atoms. The number of nitrogens with one attached hydrogen (secondary N) is 2. The van der Waals surface area contributed by atoms with Crippen molar-refractivity contribution in [3.05, 3.63) is 28.8 Å². The summed E-state index contributed by atoms with van der Waals surface area (Å²) in [7, 11) is 3.19. The molecule has 0 saturated heterocycles. The predicted octanol–water partition coefficient (Wildman–Crippen LogP) is 2.15. The van der Waals surface area contributed by atoms with Gasteiger partial charge in [-0.2, -0.15) is 0 Å². The molecule has 0 fully saturated rings. The molecule has 0 radical (unpaired) electrons. The van der Waals surface area contributed by atoms with Crippen molar-refractivity contribution in [2.75, 3.05) is 12.4 Å². The van der Waals surface area contributed by atoms with Crippen LogP contribution in [-0.4, -0.2) is 32.7 Å². The van der Waals surface area contributed by atoms with Crippen LogP contribution in [0.15, 0.2) is 12.1 Å². The van der Waals surface area contributed by atoms with Crippen LogP contribution in [0.2, 0.25) is 0 Å². The summed E-state index contributed by atoms with van der Waals surface area (Å²) >= 11 is 0. The number of aryl methyl sites for hydroxylation is 2. The molecule has 126 valence electrons. The van der Waals surface area contributed by atoms with Crippen LogP contribution in [0.25, 0.3) is 0 Å². The van der Waals surface area contributed by atoms with E-state index in [1.165, 1.54) is 7.85 Å². The van der Waals surface area contributed by atoms with Gasteiger partial charge in [0.25, 0.3) is 0 Å². The molecule has 6 heteroatoms. The number of carbonyl (C=O) groups is 2. The van der Waals surface area contributed by atoms with Gasteiger partial charge in [-0.3, -0.25) is 9.59 Å². The minimum atomic E-state index is -0.303. The highest BCUT2D eigenvalue weighted by Gasteiger charge is 2.19. The van der Waals surface area contributed by atoms with E-state index in [2.05, 4.69) is 24.5 Å². The molecule has 0 aliphatic heterocycles. The first-order valence-corrected chi connectivity index (χ1v) is 7.96. The number of benzene rings is 1. The lowest BCUT2D eigenvalue weighted by Gasteiger charge is -2.20. The molecular formula is C17H27BN2O3. The van der Waals surface area contributed by atoms with Crippen LogP contribution in [0.5, 0.6) is 0 Å². The van der Waals surface area contributed by atoms with Crippen LogP contribution in [0.1, 0.15) is 37.0 Å². The van der Waals surface area contributed by atoms with Crippen molar-refractivity contribution in [1.29, 1.82) is 0 Å². The number of carbonyl (C=O) groups excluding carboxylic acids is 2. The van der Waals surface area contributed by atoms with Crippen LogP contribution < -0.4 is 10.6 Å². The van der Waals surface area contributed by atoms with E-state index in [9.17, 15) is 9.59 Å². The Kier molecular flexibility index (Phi) is 7.29. The zero-order valence-corrected chi connectivity index (χ0v) is 14.9. The highest BCUT2D eigenvalue weighted by molar-refractivity contribution is 6.55. The van der Waals surface area contributed by atoms with E-state index in [0.717, 1.165) is 28.8 Å². The minimum absolute atomic E-state index is 0.0277. The Balaban J connectivity index is 2.88. The molecule has 0 heterocycles. The zero-order valence-electron chi connectivity index (χ0n) is 14.9. The average molecular weight is 318 g/mol. The molecule has 0 spiro atoms. The third-order valence-corrected chi connectivity index (χ3v) is 3.65.